The Balaban J connectivity index is 1.67. The minimum absolute atomic E-state index is 0.0111. The minimum Gasteiger partial charge on any atom is -0.384 e. The first-order valence-electron chi connectivity index (χ1n) is 7.83. The van der Waals surface area contributed by atoms with Crippen LogP contribution in [0.1, 0.15) is 23.6 Å². The first-order valence-corrected chi connectivity index (χ1v) is 8.77. The third-order valence-electron chi connectivity index (χ3n) is 4.31. The van der Waals surface area contributed by atoms with E-state index in [0.717, 1.165) is 28.8 Å². The number of aryl methyl sites for hydroxylation is 1. The molecule has 0 bridgehead atoms. The molecule has 0 radical (unpaired) electrons. The predicted octanol–water partition coefficient (Wildman–Crippen LogP) is 1.97. The number of carbonyl (C=O) groups is 2. The topological polar surface area (TPSA) is 69.6 Å². The molecule has 126 valence electrons. The number of nitrogens with one attached hydrogen (secondary N) is 1. The van der Waals surface area contributed by atoms with Gasteiger partial charge in [-0.15, -0.1) is 0 Å². The van der Waals surface area contributed by atoms with E-state index in [1.165, 1.54) is 16.2 Å². The van der Waals surface area contributed by atoms with Gasteiger partial charge in [0.15, 0.2) is 0 Å². The molecule has 0 fully saturated rings. The van der Waals surface area contributed by atoms with Crippen molar-refractivity contribution in [2.45, 2.75) is 25.9 Å². The Morgan fingerprint density at radius 3 is 2.88 bits per heavy atom. The Bertz CT molecular complexity index is 769. The van der Waals surface area contributed by atoms with E-state index in [4.69, 9.17) is 0 Å². The number of rotatable bonds is 3. The lowest BCUT2D eigenvalue weighted by Gasteiger charge is -2.23. The fourth-order valence-corrected chi connectivity index (χ4v) is 3.61. The first kappa shape index (κ1) is 16.7. The van der Waals surface area contributed by atoms with E-state index in [9.17, 15) is 14.7 Å². The number of carbonyl (C=O) groups excluding carboxylic acids is 2. The van der Waals surface area contributed by atoms with Crippen LogP contribution >= 0.6 is 11.3 Å². The zero-order valence-electron chi connectivity index (χ0n) is 13.7. The van der Waals surface area contributed by atoms with Gasteiger partial charge in [0.25, 0.3) is 0 Å². The minimum atomic E-state index is -1.20. The maximum atomic E-state index is 12.5. The molecule has 0 aliphatic carbocycles. The molecular formula is C18H20N2O3S. The molecular weight excluding hydrogens is 324 g/mol. The Morgan fingerprint density at radius 2 is 2.17 bits per heavy atom. The van der Waals surface area contributed by atoms with Gasteiger partial charge in [-0.3, -0.25) is 9.59 Å². The van der Waals surface area contributed by atoms with Crippen molar-refractivity contribution < 1.29 is 14.7 Å². The van der Waals surface area contributed by atoms with E-state index in [2.05, 4.69) is 5.32 Å². The molecule has 2 heterocycles. The van der Waals surface area contributed by atoms with Crippen LogP contribution in [-0.4, -0.2) is 30.0 Å². The number of aliphatic hydroxyl groups is 1. The number of amides is 2. The van der Waals surface area contributed by atoms with Crippen molar-refractivity contribution in [3.8, 4) is 0 Å². The monoisotopic (exact) mass is 344 g/mol. The van der Waals surface area contributed by atoms with Crippen molar-refractivity contribution in [3.05, 3.63) is 51.7 Å². The molecule has 2 amide bonds. The van der Waals surface area contributed by atoms with Gasteiger partial charge in [-0.2, -0.15) is 11.3 Å². The van der Waals surface area contributed by atoms with Gasteiger partial charge in [-0.1, -0.05) is 12.1 Å². The standard InChI is InChI=1S/C18H20N2O3S/c1-12-3-4-13-5-7-20(15(13)9-12)17(22)16(21)19-11-18(2,23)14-6-8-24-10-14/h3-4,6,8-10,23H,5,7,11H2,1-2H3,(H,19,21). The van der Waals surface area contributed by atoms with Crippen LogP contribution in [0.5, 0.6) is 0 Å². The zero-order chi connectivity index (χ0) is 17.3. The van der Waals surface area contributed by atoms with E-state index >= 15 is 0 Å². The smallest absolute Gasteiger partial charge is 0.316 e. The number of hydrogen-bond acceptors (Lipinski definition) is 4. The van der Waals surface area contributed by atoms with Crippen LogP contribution in [0.25, 0.3) is 0 Å². The Morgan fingerprint density at radius 1 is 1.38 bits per heavy atom. The fourth-order valence-electron chi connectivity index (χ4n) is 2.82. The van der Waals surface area contributed by atoms with Crippen molar-refractivity contribution in [1.82, 2.24) is 5.32 Å². The summed E-state index contributed by atoms with van der Waals surface area (Å²) in [5.41, 5.74) is 2.46. The third kappa shape index (κ3) is 3.20. The van der Waals surface area contributed by atoms with Crippen molar-refractivity contribution in [2.24, 2.45) is 0 Å². The van der Waals surface area contributed by atoms with Crippen molar-refractivity contribution >= 4 is 28.8 Å². The fraction of sp³-hybridized carbons (Fsp3) is 0.333. The van der Waals surface area contributed by atoms with E-state index in [1.54, 1.807) is 13.0 Å². The third-order valence-corrected chi connectivity index (χ3v) is 5.00. The van der Waals surface area contributed by atoms with Gasteiger partial charge in [0, 0.05) is 12.2 Å². The summed E-state index contributed by atoms with van der Waals surface area (Å²) in [6.45, 7) is 4.07. The average molecular weight is 344 g/mol. The molecule has 1 aromatic carbocycles. The number of fused-ring (bicyclic) bond motifs is 1. The van der Waals surface area contributed by atoms with Crippen LogP contribution in [0.2, 0.25) is 0 Å². The van der Waals surface area contributed by atoms with Gasteiger partial charge < -0.3 is 15.3 Å². The molecule has 0 saturated carbocycles. The molecule has 5 nitrogen and oxygen atoms in total. The van der Waals surface area contributed by atoms with Crippen LogP contribution in [0.15, 0.2) is 35.0 Å². The van der Waals surface area contributed by atoms with Crippen LogP contribution in [0.3, 0.4) is 0 Å². The second kappa shape index (κ2) is 6.37. The number of nitrogens with zero attached hydrogens (tertiary/aromatic N) is 1. The molecule has 2 aromatic rings. The maximum Gasteiger partial charge on any atom is 0.316 e. The molecule has 1 aliphatic heterocycles. The Kier molecular flexibility index (Phi) is 4.43. The SMILES string of the molecule is Cc1ccc2c(c1)N(C(=O)C(=O)NCC(C)(O)c1ccsc1)CC2. The number of thiophene rings is 1. The second-order valence-electron chi connectivity index (χ2n) is 6.31. The zero-order valence-corrected chi connectivity index (χ0v) is 14.5. The summed E-state index contributed by atoms with van der Waals surface area (Å²) in [5.74, 6) is -1.28. The molecule has 24 heavy (non-hydrogen) atoms. The van der Waals surface area contributed by atoms with Crippen molar-refractivity contribution in [1.29, 1.82) is 0 Å². The number of hydrogen-bond donors (Lipinski definition) is 2. The quantitative estimate of drug-likeness (QED) is 0.837. The van der Waals surface area contributed by atoms with Gasteiger partial charge in [-0.05, 0) is 59.9 Å². The number of benzene rings is 1. The van der Waals surface area contributed by atoms with Crippen LogP contribution in [-0.2, 0) is 21.6 Å². The lowest BCUT2D eigenvalue weighted by molar-refractivity contribution is -0.138. The molecule has 0 spiro atoms. The summed E-state index contributed by atoms with van der Waals surface area (Å²) < 4.78 is 0. The Hall–Kier alpha value is -2.18. The van der Waals surface area contributed by atoms with Crippen LogP contribution in [0.4, 0.5) is 5.69 Å². The summed E-state index contributed by atoms with van der Waals surface area (Å²) in [7, 11) is 0. The van der Waals surface area contributed by atoms with Gasteiger partial charge in [0.2, 0.25) is 0 Å². The lowest BCUT2D eigenvalue weighted by Crippen LogP contribution is -2.46. The van der Waals surface area contributed by atoms with E-state index < -0.39 is 17.4 Å². The summed E-state index contributed by atoms with van der Waals surface area (Å²) >= 11 is 1.47. The summed E-state index contributed by atoms with van der Waals surface area (Å²) in [6.07, 6.45) is 0.751. The predicted molar refractivity (Wildman–Crippen MR) is 94.1 cm³/mol. The molecule has 3 rings (SSSR count). The summed E-state index contributed by atoms with van der Waals surface area (Å²) in [4.78, 5) is 26.2. The number of anilines is 1. The van der Waals surface area contributed by atoms with Crippen molar-refractivity contribution in [3.63, 3.8) is 0 Å². The van der Waals surface area contributed by atoms with Gasteiger partial charge in [-0.25, -0.2) is 0 Å². The van der Waals surface area contributed by atoms with E-state index in [0.29, 0.717) is 6.54 Å². The maximum absolute atomic E-state index is 12.5. The normalized spacial score (nSPS) is 15.7. The highest BCUT2D eigenvalue weighted by Crippen LogP contribution is 2.29. The highest BCUT2D eigenvalue weighted by Gasteiger charge is 2.31. The average Bonchev–Trinajstić information content (AvgIpc) is 3.21. The van der Waals surface area contributed by atoms with Gasteiger partial charge in [0.1, 0.15) is 5.60 Å². The molecule has 1 atom stereocenters. The largest absolute Gasteiger partial charge is 0.384 e. The first-order chi connectivity index (χ1) is 11.4. The molecule has 1 unspecified atom stereocenters. The molecule has 6 heteroatoms. The van der Waals surface area contributed by atoms with E-state index in [1.807, 2.05) is 35.9 Å². The van der Waals surface area contributed by atoms with Crippen LogP contribution < -0.4 is 10.2 Å². The molecule has 0 saturated heterocycles. The summed E-state index contributed by atoms with van der Waals surface area (Å²) in [6, 6.07) is 7.73. The van der Waals surface area contributed by atoms with Gasteiger partial charge in [0.05, 0.1) is 6.54 Å². The molecule has 2 N–H and O–H groups in total. The Labute approximate surface area is 144 Å². The lowest BCUT2D eigenvalue weighted by atomic mass is 9.99. The second-order valence-corrected chi connectivity index (χ2v) is 7.09. The van der Waals surface area contributed by atoms with E-state index in [-0.39, 0.29) is 6.54 Å². The van der Waals surface area contributed by atoms with Gasteiger partial charge >= 0.3 is 11.8 Å². The summed E-state index contributed by atoms with van der Waals surface area (Å²) in [5, 5.41) is 16.7. The highest BCUT2D eigenvalue weighted by atomic mass is 32.1. The van der Waals surface area contributed by atoms with Crippen molar-refractivity contribution in [2.75, 3.05) is 18.0 Å². The molecule has 1 aliphatic rings. The highest BCUT2D eigenvalue weighted by molar-refractivity contribution is 7.08. The molecule has 1 aromatic heterocycles. The van der Waals surface area contributed by atoms with Crippen LogP contribution in [0, 0.1) is 6.92 Å².